The minimum Gasteiger partial charge on any atom is -0.492 e. The van der Waals surface area contributed by atoms with Gasteiger partial charge in [-0.05, 0) is 31.2 Å². The first-order valence-corrected chi connectivity index (χ1v) is 7.65. The average Bonchev–Trinajstić information content (AvgIpc) is 2.88. The number of rotatable bonds is 7. The second kappa shape index (κ2) is 7.88. The number of carbonyl (C=O) groups excluding carboxylic acids is 1. The van der Waals surface area contributed by atoms with Gasteiger partial charge in [0, 0.05) is 19.3 Å². The van der Waals surface area contributed by atoms with Crippen molar-refractivity contribution in [3.8, 4) is 5.75 Å². The van der Waals surface area contributed by atoms with Gasteiger partial charge in [0.1, 0.15) is 22.2 Å². The molecule has 0 bridgehead atoms. The normalized spacial score (nSPS) is 10.5. The van der Waals surface area contributed by atoms with E-state index in [1.54, 1.807) is 31.4 Å². The molecule has 0 saturated carbocycles. The number of benzene rings is 1. The van der Waals surface area contributed by atoms with Crippen molar-refractivity contribution >= 4 is 22.9 Å². The van der Waals surface area contributed by atoms with Crippen LogP contribution in [-0.4, -0.2) is 31.2 Å². The number of nitrogens with two attached hydrogens (primary N) is 1. The van der Waals surface area contributed by atoms with Gasteiger partial charge in [0.15, 0.2) is 0 Å². The molecule has 1 heterocycles. The van der Waals surface area contributed by atoms with E-state index in [-0.39, 0.29) is 5.91 Å². The Hall–Kier alpha value is -1.96. The van der Waals surface area contributed by atoms with Crippen molar-refractivity contribution < 1.29 is 14.3 Å². The van der Waals surface area contributed by atoms with E-state index in [2.05, 4.69) is 10.3 Å². The second-order valence-electron chi connectivity index (χ2n) is 4.57. The Morgan fingerprint density at radius 3 is 2.73 bits per heavy atom. The Labute approximate surface area is 133 Å². The zero-order chi connectivity index (χ0) is 15.9. The molecule has 0 aliphatic rings. The third-order valence-corrected chi connectivity index (χ3v) is 3.94. The van der Waals surface area contributed by atoms with Crippen LogP contribution in [0.25, 0.3) is 0 Å². The Morgan fingerprint density at radius 1 is 1.36 bits per heavy atom. The lowest BCUT2D eigenvalue weighted by molar-refractivity contribution is 0.103. The number of hydrogen-bond acceptors (Lipinski definition) is 6. The lowest BCUT2D eigenvalue weighted by Gasteiger charge is -2.07. The van der Waals surface area contributed by atoms with Crippen LogP contribution in [0.4, 0.5) is 5.69 Å². The number of thiazole rings is 1. The molecule has 0 unspecified atom stereocenters. The molecule has 0 atom stereocenters. The van der Waals surface area contributed by atoms with Gasteiger partial charge in [-0.25, -0.2) is 4.98 Å². The molecule has 1 amide bonds. The number of aryl methyl sites for hydroxylation is 1. The quantitative estimate of drug-likeness (QED) is 0.816. The molecule has 1 aromatic carbocycles. The van der Waals surface area contributed by atoms with Crippen molar-refractivity contribution in [1.29, 1.82) is 0 Å². The Bertz CT molecular complexity index is 625. The molecular weight excluding hydrogens is 302 g/mol. The number of carbonyl (C=O) groups is 1. The van der Waals surface area contributed by atoms with E-state index in [1.807, 2.05) is 6.92 Å². The lowest BCUT2D eigenvalue weighted by Crippen LogP contribution is -2.12. The van der Waals surface area contributed by atoms with Crippen LogP contribution in [-0.2, 0) is 11.3 Å². The van der Waals surface area contributed by atoms with E-state index in [4.69, 9.17) is 15.2 Å². The highest BCUT2D eigenvalue weighted by molar-refractivity contribution is 7.13. The summed E-state index contributed by atoms with van der Waals surface area (Å²) in [5.41, 5.74) is 6.78. The maximum absolute atomic E-state index is 12.3. The minimum atomic E-state index is -0.173. The highest BCUT2D eigenvalue weighted by Crippen LogP contribution is 2.21. The number of nitrogens with zero attached hydrogens (tertiary/aromatic N) is 1. The largest absolute Gasteiger partial charge is 0.492 e. The predicted molar refractivity (Wildman–Crippen MR) is 86.5 cm³/mol. The number of aromatic nitrogens is 1. The topological polar surface area (TPSA) is 86.5 Å². The summed E-state index contributed by atoms with van der Waals surface area (Å²) in [5.74, 6) is 0.549. The summed E-state index contributed by atoms with van der Waals surface area (Å²) >= 11 is 1.34. The average molecular weight is 321 g/mol. The number of hydrogen-bond donors (Lipinski definition) is 2. The van der Waals surface area contributed by atoms with Crippen LogP contribution >= 0.6 is 11.3 Å². The van der Waals surface area contributed by atoms with Crippen LogP contribution in [0.5, 0.6) is 5.75 Å². The highest BCUT2D eigenvalue weighted by Gasteiger charge is 2.15. The van der Waals surface area contributed by atoms with Gasteiger partial charge in [-0.1, -0.05) is 0 Å². The summed E-state index contributed by atoms with van der Waals surface area (Å²) in [6, 6.07) is 7.16. The summed E-state index contributed by atoms with van der Waals surface area (Å²) in [6.45, 7) is 3.15. The van der Waals surface area contributed by atoms with Gasteiger partial charge in [-0.3, -0.25) is 4.79 Å². The van der Waals surface area contributed by atoms with Crippen LogP contribution < -0.4 is 15.8 Å². The molecule has 7 heteroatoms. The molecule has 0 aliphatic carbocycles. The molecule has 2 aromatic rings. The van der Waals surface area contributed by atoms with E-state index < -0.39 is 0 Å². The van der Waals surface area contributed by atoms with Crippen molar-refractivity contribution in [2.24, 2.45) is 5.73 Å². The van der Waals surface area contributed by atoms with E-state index in [0.29, 0.717) is 36.0 Å². The highest BCUT2D eigenvalue weighted by atomic mass is 32.1. The first-order valence-electron chi connectivity index (χ1n) is 6.83. The number of nitrogens with one attached hydrogen (secondary N) is 1. The zero-order valence-corrected chi connectivity index (χ0v) is 13.4. The van der Waals surface area contributed by atoms with Crippen molar-refractivity contribution in [3.63, 3.8) is 0 Å². The fraction of sp³-hybridized carbons (Fsp3) is 0.333. The van der Waals surface area contributed by atoms with Gasteiger partial charge in [-0.15, -0.1) is 11.3 Å². The zero-order valence-electron chi connectivity index (χ0n) is 12.6. The van der Waals surface area contributed by atoms with Gasteiger partial charge in [0.2, 0.25) is 0 Å². The lowest BCUT2D eigenvalue weighted by atomic mass is 10.3. The number of anilines is 1. The monoisotopic (exact) mass is 321 g/mol. The molecule has 0 aliphatic heterocycles. The molecular formula is C15H19N3O3S. The molecule has 0 fully saturated rings. The van der Waals surface area contributed by atoms with E-state index in [9.17, 15) is 4.79 Å². The summed E-state index contributed by atoms with van der Waals surface area (Å²) in [5, 5.41) is 3.64. The predicted octanol–water partition coefficient (Wildman–Crippen LogP) is 2.19. The van der Waals surface area contributed by atoms with Crippen LogP contribution in [0.2, 0.25) is 0 Å². The number of ether oxygens (including phenoxy) is 2. The van der Waals surface area contributed by atoms with Crippen LogP contribution in [0.3, 0.4) is 0 Å². The van der Waals surface area contributed by atoms with Gasteiger partial charge >= 0.3 is 0 Å². The van der Waals surface area contributed by atoms with Gasteiger partial charge in [-0.2, -0.15) is 0 Å². The van der Waals surface area contributed by atoms with Crippen LogP contribution in [0, 0.1) is 6.92 Å². The second-order valence-corrected chi connectivity index (χ2v) is 5.65. The first kappa shape index (κ1) is 16.4. The first-order chi connectivity index (χ1) is 10.6. The molecule has 3 N–H and O–H groups in total. The minimum absolute atomic E-state index is 0.173. The fourth-order valence-electron chi connectivity index (χ4n) is 1.85. The molecule has 2 rings (SSSR count). The van der Waals surface area contributed by atoms with Gasteiger partial charge in [0.05, 0.1) is 12.3 Å². The van der Waals surface area contributed by atoms with Gasteiger partial charge < -0.3 is 20.5 Å². The Balaban J connectivity index is 2.02. The summed E-state index contributed by atoms with van der Waals surface area (Å²) in [7, 11) is 1.60. The fourth-order valence-corrected chi connectivity index (χ4v) is 2.78. The van der Waals surface area contributed by atoms with Crippen LogP contribution in [0.1, 0.15) is 20.4 Å². The smallest absolute Gasteiger partial charge is 0.267 e. The van der Waals surface area contributed by atoms with E-state index >= 15 is 0 Å². The Kier molecular flexibility index (Phi) is 5.88. The Morgan fingerprint density at radius 2 is 2.09 bits per heavy atom. The maximum atomic E-state index is 12.3. The van der Waals surface area contributed by atoms with Gasteiger partial charge in [0.25, 0.3) is 5.91 Å². The molecule has 22 heavy (non-hydrogen) atoms. The molecule has 1 aromatic heterocycles. The number of amides is 1. The van der Waals surface area contributed by atoms with E-state index in [1.165, 1.54) is 11.3 Å². The SMILES string of the molecule is COCc1nc(C)c(C(=O)Nc2ccc(OCCN)cc2)s1. The number of methoxy groups -OCH3 is 1. The molecule has 118 valence electrons. The van der Waals surface area contributed by atoms with Crippen molar-refractivity contribution in [1.82, 2.24) is 4.98 Å². The van der Waals surface area contributed by atoms with Crippen LogP contribution in [0.15, 0.2) is 24.3 Å². The van der Waals surface area contributed by atoms with E-state index in [0.717, 1.165) is 10.8 Å². The van der Waals surface area contributed by atoms with Crippen molar-refractivity contribution in [2.45, 2.75) is 13.5 Å². The van der Waals surface area contributed by atoms with Crippen molar-refractivity contribution in [3.05, 3.63) is 39.8 Å². The standard InChI is InChI=1S/C15H19N3O3S/c1-10-14(22-13(17-10)9-20-2)15(19)18-11-3-5-12(6-4-11)21-8-7-16/h3-6H,7-9,16H2,1-2H3,(H,18,19). The summed E-state index contributed by atoms with van der Waals surface area (Å²) < 4.78 is 10.4. The van der Waals surface area contributed by atoms with Crippen molar-refractivity contribution in [2.75, 3.05) is 25.6 Å². The molecule has 0 radical (unpaired) electrons. The molecule has 0 spiro atoms. The summed E-state index contributed by atoms with van der Waals surface area (Å²) in [4.78, 5) is 17.2. The third kappa shape index (κ3) is 4.27. The molecule has 6 nitrogen and oxygen atoms in total. The molecule has 0 saturated heterocycles. The maximum Gasteiger partial charge on any atom is 0.267 e. The summed E-state index contributed by atoms with van der Waals surface area (Å²) in [6.07, 6.45) is 0. The third-order valence-electron chi connectivity index (χ3n) is 2.81.